The molecule has 0 aliphatic carbocycles. The molecule has 3 aromatic rings. The maximum absolute atomic E-state index is 13.0. The summed E-state index contributed by atoms with van der Waals surface area (Å²) >= 11 is 0. The maximum atomic E-state index is 13.0. The Balaban J connectivity index is 1.57. The summed E-state index contributed by atoms with van der Waals surface area (Å²) in [6.07, 6.45) is 6.76. The van der Waals surface area contributed by atoms with Gasteiger partial charge in [0.15, 0.2) is 0 Å². The molecule has 0 aliphatic heterocycles. The zero-order valence-electron chi connectivity index (χ0n) is 19.1. The molecular formula is C26H29FN2O4S. The number of hydrogen-bond acceptors (Lipinski definition) is 5. The number of carbonyl (C=O) groups excluding carboxylic acids is 1. The molecule has 0 amide bonds. The predicted molar refractivity (Wildman–Crippen MR) is 129 cm³/mol. The summed E-state index contributed by atoms with van der Waals surface area (Å²) in [4.78, 5) is 15.9. The Morgan fingerprint density at radius 2 is 1.74 bits per heavy atom. The Morgan fingerprint density at radius 3 is 2.38 bits per heavy atom. The number of carbonyl (C=O) groups is 1. The number of methoxy groups -OCH3 is 1. The number of benzene rings is 2. The highest BCUT2D eigenvalue weighted by Crippen LogP contribution is 2.29. The van der Waals surface area contributed by atoms with Crippen molar-refractivity contribution in [3.8, 4) is 11.1 Å². The van der Waals surface area contributed by atoms with Crippen LogP contribution in [0.15, 0.2) is 78.0 Å². The number of sulfonamides is 1. The Labute approximate surface area is 200 Å². The minimum absolute atomic E-state index is 0.0403. The van der Waals surface area contributed by atoms with Crippen LogP contribution in [0.5, 0.6) is 0 Å². The Morgan fingerprint density at radius 1 is 1.00 bits per heavy atom. The van der Waals surface area contributed by atoms with Crippen LogP contribution in [-0.4, -0.2) is 33.0 Å². The predicted octanol–water partition coefficient (Wildman–Crippen LogP) is 5.07. The van der Waals surface area contributed by atoms with Gasteiger partial charge in [-0.25, -0.2) is 17.5 Å². The summed E-state index contributed by atoms with van der Waals surface area (Å²) in [6.45, 7) is 0.281. The lowest BCUT2D eigenvalue weighted by Crippen LogP contribution is -2.24. The first-order valence-corrected chi connectivity index (χ1v) is 12.7. The molecule has 1 atom stereocenters. The van der Waals surface area contributed by atoms with E-state index >= 15 is 0 Å². The second-order valence-corrected chi connectivity index (χ2v) is 9.79. The molecule has 0 bridgehead atoms. The number of halogens is 1. The number of nitrogens with one attached hydrogen (secondary N) is 1. The third-order valence-electron chi connectivity index (χ3n) is 5.70. The number of esters is 1. The summed E-state index contributed by atoms with van der Waals surface area (Å²) in [7, 11) is -2.29. The first-order valence-electron chi connectivity index (χ1n) is 11.2. The fourth-order valence-corrected chi connectivity index (χ4v) is 4.85. The van der Waals surface area contributed by atoms with Crippen LogP contribution in [0.25, 0.3) is 11.1 Å². The number of ether oxygens (including phenoxy) is 1. The molecule has 0 saturated carbocycles. The molecule has 8 heteroatoms. The molecule has 2 aromatic carbocycles. The van der Waals surface area contributed by atoms with Crippen molar-refractivity contribution < 1.29 is 22.3 Å². The van der Waals surface area contributed by atoms with Crippen molar-refractivity contribution in [3.63, 3.8) is 0 Å². The normalized spacial score (nSPS) is 12.3. The van der Waals surface area contributed by atoms with E-state index in [2.05, 4.69) is 21.8 Å². The molecular weight excluding hydrogens is 455 g/mol. The summed E-state index contributed by atoms with van der Waals surface area (Å²) in [5.74, 6) is -0.579. The van der Waals surface area contributed by atoms with Gasteiger partial charge < -0.3 is 4.74 Å². The van der Waals surface area contributed by atoms with Gasteiger partial charge in [0.2, 0.25) is 10.0 Å². The largest absolute Gasteiger partial charge is 0.469 e. The van der Waals surface area contributed by atoms with E-state index in [4.69, 9.17) is 4.74 Å². The van der Waals surface area contributed by atoms with E-state index in [0.717, 1.165) is 41.7 Å². The molecule has 3 rings (SSSR count). The van der Waals surface area contributed by atoms with E-state index in [0.29, 0.717) is 19.3 Å². The highest BCUT2D eigenvalue weighted by atomic mass is 32.2. The fraction of sp³-hybridized carbons (Fsp3) is 0.308. The number of unbranched alkanes of at least 4 members (excludes halogenated alkanes) is 1. The van der Waals surface area contributed by atoms with Crippen LogP contribution in [-0.2, 0) is 19.6 Å². The second-order valence-electron chi connectivity index (χ2n) is 8.02. The van der Waals surface area contributed by atoms with Crippen molar-refractivity contribution in [2.45, 2.75) is 42.9 Å². The zero-order chi connectivity index (χ0) is 24.4. The van der Waals surface area contributed by atoms with Crippen molar-refractivity contribution in [2.24, 2.45) is 0 Å². The van der Waals surface area contributed by atoms with Gasteiger partial charge in [0.05, 0.1) is 12.0 Å². The first kappa shape index (κ1) is 25.5. The molecule has 1 N–H and O–H groups in total. The van der Waals surface area contributed by atoms with Crippen LogP contribution in [0.3, 0.4) is 0 Å². The molecule has 1 unspecified atom stereocenters. The molecule has 0 fully saturated rings. The number of nitrogens with zero attached hydrogens (tertiary/aromatic N) is 1. The van der Waals surface area contributed by atoms with E-state index in [1.165, 1.54) is 19.2 Å². The summed E-state index contributed by atoms with van der Waals surface area (Å²) < 4.78 is 45.1. The molecule has 34 heavy (non-hydrogen) atoms. The highest BCUT2D eigenvalue weighted by molar-refractivity contribution is 7.89. The fourth-order valence-electron chi connectivity index (χ4n) is 3.77. The van der Waals surface area contributed by atoms with E-state index in [1.807, 2.05) is 30.5 Å². The molecule has 180 valence electrons. The van der Waals surface area contributed by atoms with Crippen LogP contribution in [0.4, 0.5) is 4.39 Å². The van der Waals surface area contributed by atoms with Gasteiger partial charge in [-0.05, 0) is 72.2 Å². The monoisotopic (exact) mass is 484 g/mol. The third-order valence-corrected chi connectivity index (χ3v) is 7.17. The molecule has 0 spiro atoms. The standard InChI is InChI=1S/C26H29FN2O4S/c1-33-26(30)16-11-20(21-7-9-22(10-8-21)23-6-4-17-28-19-23)5-2-3-18-29-34(31,32)25-14-12-24(27)13-15-25/h4,6-10,12-15,17,19-20,29H,2-3,5,11,16,18H2,1H3. The molecule has 1 aromatic heterocycles. The first-order chi connectivity index (χ1) is 16.4. The second kappa shape index (κ2) is 12.4. The average molecular weight is 485 g/mol. The van der Waals surface area contributed by atoms with Crippen molar-refractivity contribution in [1.29, 1.82) is 0 Å². The third kappa shape index (κ3) is 7.46. The van der Waals surface area contributed by atoms with Gasteiger partial charge in [-0.1, -0.05) is 36.8 Å². The lowest BCUT2D eigenvalue weighted by molar-refractivity contribution is -0.140. The summed E-state index contributed by atoms with van der Waals surface area (Å²) in [5.41, 5.74) is 3.23. The van der Waals surface area contributed by atoms with E-state index < -0.39 is 15.8 Å². The Bertz CT molecular complexity index is 1150. The van der Waals surface area contributed by atoms with E-state index in [1.54, 1.807) is 6.20 Å². The van der Waals surface area contributed by atoms with Gasteiger partial charge in [0, 0.05) is 25.4 Å². The van der Waals surface area contributed by atoms with E-state index in [-0.39, 0.29) is 23.3 Å². The Hall–Kier alpha value is -3.10. The Kier molecular flexibility index (Phi) is 9.30. The summed E-state index contributed by atoms with van der Waals surface area (Å²) in [5, 5.41) is 0. The van der Waals surface area contributed by atoms with Crippen LogP contribution in [0, 0.1) is 5.82 Å². The quantitative estimate of drug-likeness (QED) is 0.286. The van der Waals surface area contributed by atoms with Gasteiger partial charge in [-0.15, -0.1) is 0 Å². The molecule has 1 heterocycles. The van der Waals surface area contributed by atoms with Crippen LogP contribution in [0.2, 0.25) is 0 Å². The van der Waals surface area contributed by atoms with Gasteiger partial charge in [0.25, 0.3) is 0 Å². The van der Waals surface area contributed by atoms with Crippen molar-refractivity contribution >= 4 is 16.0 Å². The van der Waals surface area contributed by atoms with Gasteiger partial charge in [-0.2, -0.15) is 0 Å². The summed E-state index contributed by atoms with van der Waals surface area (Å²) in [6, 6.07) is 16.9. The van der Waals surface area contributed by atoms with Crippen molar-refractivity contribution in [3.05, 3.63) is 84.4 Å². The van der Waals surface area contributed by atoms with Crippen LogP contribution >= 0.6 is 0 Å². The smallest absolute Gasteiger partial charge is 0.305 e. The zero-order valence-corrected chi connectivity index (χ0v) is 19.9. The van der Waals surface area contributed by atoms with Crippen LogP contribution in [0.1, 0.15) is 43.6 Å². The number of rotatable bonds is 12. The van der Waals surface area contributed by atoms with Gasteiger partial charge >= 0.3 is 5.97 Å². The number of hydrogen-bond donors (Lipinski definition) is 1. The highest BCUT2D eigenvalue weighted by Gasteiger charge is 2.16. The SMILES string of the molecule is COC(=O)CCC(CCCCNS(=O)(=O)c1ccc(F)cc1)c1ccc(-c2cccnc2)cc1. The molecule has 6 nitrogen and oxygen atoms in total. The minimum Gasteiger partial charge on any atom is -0.469 e. The molecule has 0 aliphatic rings. The lowest BCUT2D eigenvalue weighted by Gasteiger charge is -2.18. The minimum atomic E-state index is -3.67. The van der Waals surface area contributed by atoms with Gasteiger partial charge in [-0.3, -0.25) is 9.78 Å². The number of aromatic nitrogens is 1. The van der Waals surface area contributed by atoms with Crippen molar-refractivity contribution in [1.82, 2.24) is 9.71 Å². The van der Waals surface area contributed by atoms with E-state index in [9.17, 15) is 17.6 Å². The number of pyridine rings is 1. The molecule has 0 radical (unpaired) electrons. The topological polar surface area (TPSA) is 85.4 Å². The maximum Gasteiger partial charge on any atom is 0.305 e. The average Bonchev–Trinajstić information content (AvgIpc) is 2.86. The van der Waals surface area contributed by atoms with Crippen molar-refractivity contribution in [2.75, 3.05) is 13.7 Å². The molecule has 0 saturated heterocycles. The lowest BCUT2D eigenvalue weighted by atomic mass is 9.88. The van der Waals surface area contributed by atoms with Crippen LogP contribution < -0.4 is 4.72 Å². The van der Waals surface area contributed by atoms with Gasteiger partial charge in [0.1, 0.15) is 5.82 Å².